The molecule has 96 valence electrons. The molecule has 1 atom stereocenters. The number of hydrogen-bond donors (Lipinski definition) is 1. The Hall–Kier alpha value is -2.04. The van der Waals surface area contributed by atoms with Crippen LogP contribution in [0.5, 0.6) is 5.75 Å². The minimum Gasteiger partial charge on any atom is -0.497 e. The molecule has 0 aromatic heterocycles. The van der Waals surface area contributed by atoms with Crippen molar-refractivity contribution in [1.29, 1.82) is 0 Å². The van der Waals surface area contributed by atoms with Crippen LogP contribution in [0, 0.1) is 0 Å². The number of esters is 1. The minimum absolute atomic E-state index is 0.241. The minimum atomic E-state index is -1.00. The summed E-state index contributed by atoms with van der Waals surface area (Å²) in [5.41, 5.74) is 0.201. The molecule has 5 nitrogen and oxygen atoms in total. The van der Waals surface area contributed by atoms with Crippen molar-refractivity contribution in [1.82, 2.24) is 0 Å². The monoisotopic (exact) mass is 249 g/mol. The van der Waals surface area contributed by atoms with Crippen LogP contribution in [0.25, 0.3) is 0 Å². The fourth-order valence-electron chi connectivity index (χ4n) is 2.08. The zero-order valence-corrected chi connectivity index (χ0v) is 10.3. The number of ether oxygens (including phenoxy) is 2. The zero-order chi connectivity index (χ0) is 13.2. The molecule has 1 aliphatic rings. The van der Waals surface area contributed by atoms with E-state index in [0.29, 0.717) is 17.9 Å². The van der Waals surface area contributed by atoms with Gasteiger partial charge in [-0.15, -0.1) is 0 Å². The molecule has 18 heavy (non-hydrogen) atoms. The maximum atomic E-state index is 11.5. The highest BCUT2D eigenvalue weighted by Crippen LogP contribution is 2.34. The van der Waals surface area contributed by atoms with E-state index in [-0.39, 0.29) is 12.4 Å². The van der Waals surface area contributed by atoms with Crippen LogP contribution in [0.2, 0.25) is 0 Å². The lowest BCUT2D eigenvalue weighted by atomic mass is 9.86. The number of carbonyl (C=O) groups is 1. The summed E-state index contributed by atoms with van der Waals surface area (Å²) in [4.78, 5) is 11.5. The van der Waals surface area contributed by atoms with E-state index in [2.05, 4.69) is 5.16 Å². The molecule has 0 bridgehead atoms. The smallest absolute Gasteiger partial charge is 0.307 e. The molecule has 1 aliphatic heterocycles. The number of rotatable bonds is 2. The van der Waals surface area contributed by atoms with Gasteiger partial charge in [-0.1, -0.05) is 17.3 Å². The Kier molecular flexibility index (Phi) is 3.23. The molecule has 1 saturated heterocycles. The highest BCUT2D eigenvalue weighted by Gasteiger charge is 2.41. The summed E-state index contributed by atoms with van der Waals surface area (Å²) in [5.74, 6) is 0.424. The van der Waals surface area contributed by atoms with Crippen molar-refractivity contribution in [3.63, 3.8) is 0 Å². The molecule has 0 aliphatic carbocycles. The average molecular weight is 249 g/mol. The van der Waals surface area contributed by atoms with E-state index in [1.807, 2.05) is 0 Å². The molecule has 1 aromatic rings. The summed E-state index contributed by atoms with van der Waals surface area (Å²) < 4.78 is 10.4. The third kappa shape index (κ3) is 2.03. The summed E-state index contributed by atoms with van der Waals surface area (Å²) in [7, 11) is 1.58. The van der Waals surface area contributed by atoms with E-state index < -0.39 is 5.60 Å². The van der Waals surface area contributed by atoms with Crippen molar-refractivity contribution in [2.75, 3.05) is 7.11 Å². The first-order chi connectivity index (χ1) is 8.60. The van der Waals surface area contributed by atoms with E-state index >= 15 is 0 Å². The van der Waals surface area contributed by atoms with Crippen LogP contribution in [0.1, 0.15) is 25.3 Å². The van der Waals surface area contributed by atoms with Crippen LogP contribution in [-0.4, -0.2) is 24.0 Å². The maximum absolute atomic E-state index is 11.5. The highest BCUT2D eigenvalue weighted by atomic mass is 16.6. The third-order valence-corrected chi connectivity index (χ3v) is 3.20. The standard InChI is InChI=1S/C13H15NO4/c1-13(9-3-5-10(17-2)6-4-9)11(14-16)7-8-12(15)18-13/h3-6,16H,7-8H2,1-2H3/b14-11+. The van der Waals surface area contributed by atoms with Gasteiger partial charge in [0.25, 0.3) is 0 Å². The number of carbonyl (C=O) groups excluding carboxylic acids is 1. The molecule has 1 N–H and O–H groups in total. The molecular formula is C13H15NO4. The second-order valence-electron chi connectivity index (χ2n) is 4.28. The first kappa shape index (κ1) is 12.4. The van der Waals surface area contributed by atoms with Crippen LogP contribution in [0.4, 0.5) is 0 Å². The fourth-order valence-corrected chi connectivity index (χ4v) is 2.08. The van der Waals surface area contributed by atoms with Gasteiger partial charge in [0.05, 0.1) is 13.5 Å². The lowest BCUT2D eigenvalue weighted by Gasteiger charge is -2.34. The van der Waals surface area contributed by atoms with Gasteiger partial charge in [0.2, 0.25) is 0 Å². The lowest BCUT2D eigenvalue weighted by Crippen LogP contribution is -2.42. The first-order valence-electron chi connectivity index (χ1n) is 5.68. The molecule has 0 spiro atoms. The van der Waals surface area contributed by atoms with Crippen LogP contribution in [-0.2, 0) is 15.1 Å². The molecular weight excluding hydrogens is 234 g/mol. The largest absolute Gasteiger partial charge is 0.497 e. The van der Waals surface area contributed by atoms with Crippen LogP contribution in [0.15, 0.2) is 29.4 Å². The molecule has 1 unspecified atom stereocenters. The Morgan fingerprint density at radius 2 is 2.00 bits per heavy atom. The van der Waals surface area contributed by atoms with Gasteiger partial charge < -0.3 is 14.7 Å². The fraction of sp³-hybridized carbons (Fsp3) is 0.385. The predicted octanol–water partition coefficient (Wildman–Crippen LogP) is 2.08. The average Bonchev–Trinajstić information content (AvgIpc) is 2.39. The Morgan fingerprint density at radius 1 is 1.33 bits per heavy atom. The molecule has 1 fully saturated rings. The normalized spacial score (nSPS) is 25.9. The van der Waals surface area contributed by atoms with Crippen LogP contribution < -0.4 is 4.74 Å². The van der Waals surface area contributed by atoms with Gasteiger partial charge in [-0.25, -0.2) is 0 Å². The quantitative estimate of drug-likeness (QED) is 0.495. The van der Waals surface area contributed by atoms with E-state index in [1.165, 1.54) is 0 Å². The van der Waals surface area contributed by atoms with E-state index in [1.54, 1.807) is 38.3 Å². The maximum Gasteiger partial charge on any atom is 0.307 e. The SMILES string of the molecule is COc1ccc(C2(C)OC(=O)CC/C2=N\O)cc1. The Labute approximate surface area is 105 Å². The van der Waals surface area contributed by atoms with Gasteiger partial charge in [-0.05, 0) is 19.1 Å². The second kappa shape index (κ2) is 4.68. The van der Waals surface area contributed by atoms with Crippen molar-refractivity contribution in [3.05, 3.63) is 29.8 Å². The highest BCUT2D eigenvalue weighted by molar-refractivity contribution is 5.98. The number of benzene rings is 1. The number of oxime groups is 1. The molecule has 0 radical (unpaired) electrons. The van der Waals surface area contributed by atoms with Crippen molar-refractivity contribution in [2.45, 2.75) is 25.4 Å². The summed E-state index contributed by atoms with van der Waals surface area (Å²) in [6.07, 6.45) is 0.642. The Bertz CT molecular complexity index is 480. The predicted molar refractivity (Wildman–Crippen MR) is 64.9 cm³/mol. The Balaban J connectivity index is 2.40. The molecule has 1 heterocycles. The van der Waals surface area contributed by atoms with Gasteiger partial charge in [0, 0.05) is 12.0 Å². The molecule has 2 rings (SSSR count). The van der Waals surface area contributed by atoms with Gasteiger partial charge in [-0.3, -0.25) is 4.79 Å². The van der Waals surface area contributed by atoms with Gasteiger partial charge >= 0.3 is 5.97 Å². The van der Waals surface area contributed by atoms with Gasteiger partial charge in [-0.2, -0.15) is 0 Å². The van der Waals surface area contributed by atoms with Crippen LogP contribution in [0.3, 0.4) is 0 Å². The van der Waals surface area contributed by atoms with Gasteiger partial charge in [0.15, 0.2) is 5.60 Å². The molecule has 0 saturated carbocycles. The Morgan fingerprint density at radius 3 is 2.56 bits per heavy atom. The van der Waals surface area contributed by atoms with Crippen molar-refractivity contribution in [3.8, 4) is 5.75 Å². The van der Waals surface area contributed by atoms with Gasteiger partial charge in [0.1, 0.15) is 11.5 Å². The van der Waals surface area contributed by atoms with E-state index in [4.69, 9.17) is 14.7 Å². The van der Waals surface area contributed by atoms with Crippen molar-refractivity contribution in [2.24, 2.45) is 5.16 Å². The molecule has 0 amide bonds. The number of cyclic esters (lactones) is 1. The number of nitrogens with zero attached hydrogens (tertiary/aromatic N) is 1. The molecule has 5 heteroatoms. The van der Waals surface area contributed by atoms with E-state index in [0.717, 1.165) is 5.56 Å². The van der Waals surface area contributed by atoms with Crippen LogP contribution >= 0.6 is 0 Å². The molecule has 1 aromatic carbocycles. The number of hydrogen-bond acceptors (Lipinski definition) is 5. The third-order valence-electron chi connectivity index (χ3n) is 3.20. The summed E-state index contributed by atoms with van der Waals surface area (Å²) in [5, 5.41) is 12.3. The topological polar surface area (TPSA) is 68.1 Å². The van der Waals surface area contributed by atoms with E-state index in [9.17, 15) is 4.79 Å². The number of methoxy groups -OCH3 is 1. The summed E-state index contributed by atoms with van der Waals surface area (Å²) in [6, 6.07) is 7.14. The first-order valence-corrected chi connectivity index (χ1v) is 5.68. The van der Waals surface area contributed by atoms with Crippen molar-refractivity contribution >= 4 is 11.7 Å². The summed E-state index contributed by atoms with van der Waals surface area (Å²) >= 11 is 0. The van der Waals surface area contributed by atoms with Crippen molar-refractivity contribution < 1.29 is 19.5 Å². The lowest BCUT2D eigenvalue weighted by molar-refractivity contribution is -0.155. The zero-order valence-electron chi connectivity index (χ0n) is 10.3. The summed E-state index contributed by atoms with van der Waals surface area (Å²) in [6.45, 7) is 1.72. The second-order valence-corrected chi connectivity index (χ2v) is 4.28.